The van der Waals surface area contributed by atoms with E-state index < -0.39 is 0 Å². The minimum atomic E-state index is 0. The first-order valence-corrected chi connectivity index (χ1v) is 7.80. The normalized spacial score (nSPS) is 12.4. The number of unbranched alkanes of at least 4 members (excludes halogenated alkanes) is 1. The van der Waals surface area contributed by atoms with E-state index in [1.807, 2.05) is 0 Å². The summed E-state index contributed by atoms with van der Waals surface area (Å²) in [6.45, 7) is 16.6. The van der Waals surface area contributed by atoms with Crippen LogP contribution in [0.15, 0.2) is 0 Å². The van der Waals surface area contributed by atoms with Gasteiger partial charge in [-0.05, 0) is 17.8 Å². The Morgan fingerprint density at radius 2 is 1.55 bits per heavy atom. The van der Waals surface area contributed by atoms with E-state index in [2.05, 4.69) is 34.6 Å². The fraction of sp³-hybridized carbons (Fsp3) is 0.882. The van der Waals surface area contributed by atoms with Gasteiger partial charge in [0.05, 0.1) is 6.61 Å². The monoisotopic (exact) mass is 432 g/mol. The summed E-state index contributed by atoms with van der Waals surface area (Å²) in [4.78, 5) is 0. The molecule has 0 amide bonds. The average Bonchev–Trinajstić information content (AvgIpc) is 2.36. The number of rotatable bonds is 12. The van der Waals surface area contributed by atoms with Crippen molar-refractivity contribution < 1.29 is 70.2 Å². The van der Waals surface area contributed by atoms with Crippen LogP contribution in [0.5, 0.6) is 0 Å². The molecule has 0 saturated carbocycles. The van der Waals surface area contributed by atoms with E-state index in [9.17, 15) is 0 Å². The Labute approximate surface area is 178 Å². The molecule has 2 radical (unpaired) electrons. The van der Waals surface area contributed by atoms with Crippen LogP contribution in [0.1, 0.15) is 72.1 Å². The van der Waals surface area contributed by atoms with E-state index in [1.165, 1.54) is 38.5 Å². The first-order chi connectivity index (χ1) is 8.64. The number of hydrogen-bond acceptors (Lipinski definition) is 1. The van der Waals surface area contributed by atoms with E-state index in [1.54, 1.807) is 0 Å². The molecule has 1 atom stereocenters. The van der Waals surface area contributed by atoms with Crippen LogP contribution in [0.4, 0.5) is 0 Å². The standard InChI is InChI=1S/C17H34O.2Y/c1-6-10-13-17(11-7-2,12-8-3)15-18-14-16(5)9-4;;/h16H,2-3,6-15H2,1,4-5H3;;/q-2;;. The van der Waals surface area contributed by atoms with Crippen LogP contribution < -0.4 is 0 Å². The second kappa shape index (κ2) is 17.5. The van der Waals surface area contributed by atoms with Crippen molar-refractivity contribution in [3.05, 3.63) is 13.8 Å². The van der Waals surface area contributed by atoms with E-state index in [0.717, 1.165) is 26.1 Å². The summed E-state index contributed by atoms with van der Waals surface area (Å²) < 4.78 is 6.00. The molecule has 20 heavy (non-hydrogen) atoms. The second-order valence-corrected chi connectivity index (χ2v) is 5.84. The zero-order valence-electron chi connectivity index (χ0n) is 14.1. The maximum atomic E-state index is 6.00. The molecule has 116 valence electrons. The predicted octanol–water partition coefficient (Wildman–Crippen LogP) is 5.45. The van der Waals surface area contributed by atoms with Gasteiger partial charge in [0.15, 0.2) is 0 Å². The van der Waals surface area contributed by atoms with Crippen molar-refractivity contribution in [2.75, 3.05) is 13.2 Å². The van der Waals surface area contributed by atoms with Crippen LogP contribution in [0.3, 0.4) is 0 Å². The molecule has 0 aliphatic heterocycles. The number of ether oxygens (including phenoxy) is 1. The Hall–Kier alpha value is 2.17. The molecule has 0 saturated heterocycles. The summed E-state index contributed by atoms with van der Waals surface area (Å²) in [5, 5.41) is 0. The summed E-state index contributed by atoms with van der Waals surface area (Å²) >= 11 is 0. The molecule has 0 aliphatic carbocycles. The van der Waals surface area contributed by atoms with Crippen molar-refractivity contribution in [2.24, 2.45) is 11.3 Å². The average molecular weight is 432 g/mol. The van der Waals surface area contributed by atoms with Crippen molar-refractivity contribution in [1.29, 1.82) is 0 Å². The second-order valence-electron chi connectivity index (χ2n) is 5.84. The molecular weight excluding hydrogens is 398 g/mol. The maximum Gasteiger partial charge on any atom is 0.0520 e. The first kappa shape index (κ1) is 27.0. The Balaban J connectivity index is -0.00000144. The van der Waals surface area contributed by atoms with Gasteiger partial charge in [0.25, 0.3) is 0 Å². The Morgan fingerprint density at radius 3 is 1.95 bits per heavy atom. The third-order valence-electron chi connectivity index (χ3n) is 3.98. The number of hydrogen-bond donors (Lipinski definition) is 0. The topological polar surface area (TPSA) is 9.23 Å². The zero-order chi connectivity index (χ0) is 13.9. The molecule has 1 unspecified atom stereocenters. The van der Waals surface area contributed by atoms with Crippen molar-refractivity contribution >= 4 is 0 Å². The predicted molar refractivity (Wildman–Crippen MR) is 81.4 cm³/mol. The van der Waals surface area contributed by atoms with E-state index >= 15 is 0 Å². The molecular formula is C17H34OY2-2. The van der Waals surface area contributed by atoms with Crippen LogP contribution in [-0.2, 0) is 70.2 Å². The molecule has 0 aromatic rings. The maximum absolute atomic E-state index is 6.00. The SMILES string of the molecule is [CH2-]CCC(CC[CH2-])(CCCC)COCC(C)CC.[Y].[Y]. The van der Waals surface area contributed by atoms with Gasteiger partial charge in [-0.15, -0.1) is 0 Å². The molecule has 0 aromatic carbocycles. The van der Waals surface area contributed by atoms with Crippen LogP contribution in [0, 0.1) is 25.2 Å². The smallest absolute Gasteiger partial charge is 0.0520 e. The minimum Gasteiger partial charge on any atom is -0.381 e. The Bertz CT molecular complexity index is 180. The van der Waals surface area contributed by atoms with Gasteiger partial charge in [0.2, 0.25) is 0 Å². The van der Waals surface area contributed by atoms with Crippen molar-refractivity contribution in [1.82, 2.24) is 0 Å². The minimum absolute atomic E-state index is 0. The molecule has 0 aromatic heterocycles. The largest absolute Gasteiger partial charge is 0.381 e. The molecule has 1 nitrogen and oxygen atoms in total. The van der Waals surface area contributed by atoms with E-state index in [-0.39, 0.29) is 65.4 Å². The third kappa shape index (κ3) is 12.7. The van der Waals surface area contributed by atoms with Gasteiger partial charge in [0, 0.05) is 72.0 Å². The molecule has 0 N–H and O–H groups in total. The van der Waals surface area contributed by atoms with Crippen LogP contribution in [-0.4, -0.2) is 13.2 Å². The van der Waals surface area contributed by atoms with Crippen molar-refractivity contribution in [2.45, 2.75) is 72.1 Å². The Morgan fingerprint density at radius 1 is 1.00 bits per heavy atom. The van der Waals surface area contributed by atoms with Crippen LogP contribution in [0.2, 0.25) is 0 Å². The molecule has 3 heteroatoms. The van der Waals surface area contributed by atoms with Gasteiger partial charge in [0.1, 0.15) is 0 Å². The van der Waals surface area contributed by atoms with Crippen molar-refractivity contribution in [3.8, 4) is 0 Å². The quantitative estimate of drug-likeness (QED) is 0.373. The van der Waals surface area contributed by atoms with Crippen LogP contribution in [0.25, 0.3) is 0 Å². The molecule has 0 rings (SSSR count). The Kier molecular flexibility index (Phi) is 23.7. The van der Waals surface area contributed by atoms with E-state index in [0.29, 0.717) is 11.3 Å². The first-order valence-electron chi connectivity index (χ1n) is 7.80. The summed E-state index contributed by atoms with van der Waals surface area (Å²) in [5.74, 6) is 0.674. The van der Waals surface area contributed by atoms with Gasteiger partial charge in [-0.3, -0.25) is 0 Å². The van der Waals surface area contributed by atoms with Gasteiger partial charge in [-0.25, -0.2) is 0 Å². The zero-order valence-corrected chi connectivity index (χ0v) is 19.8. The summed E-state index contributed by atoms with van der Waals surface area (Å²) in [5.41, 5.74) is 0.340. The molecule has 0 bridgehead atoms. The molecule has 0 aliphatic rings. The summed E-state index contributed by atoms with van der Waals surface area (Å²) in [6, 6.07) is 0. The summed E-state index contributed by atoms with van der Waals surface area (Å²) in [6.07, 6.45) is 9.43. The van der Waals surface area contributed by atoms with Gasteiger partial charge < -0.3 is 18.6 Å². The van der Waals surface area contributed by atoms with Gasteiger partial charge >= 0.3 is 0 Å². The fourth-order valence-corrected chi connectivity index (χ4v) is 2.49. The van der Waals surface area contributed by atoms with Crippen LogP contribution >= 0.6 is 0 Å². The van der Waals surface area contributed by atoms with Crippen molar-refractivity contribution in [3.63, 3.8) is 0 Å². The molecule has 0 heterocycles. The third-order valence-corrected chi connectivity index (χ3v) is 3.98. The van der Waals surface area contributed by atoms with Gasteiger partial charge in [-0.1, -0.05) is 52.9 Å². The molecule has 0 fully saturated rings. The molecule has 0 spiro atoms. The summed E-state index contributed by atoms with van der Waals surface area (Å²) in [7, 11) is 0. The van der Waals surface area contributed by atoms with E-state index in [4.69, 9.17) is 4.74 Å². The fourth-order valence-electron chi connectivity index (χ4n) is 2.49. The van der Waals surface area contributed by atoms with Gasteiger partial charge in [-0.2, -0.15) is 12.8 Å².